The minimum Gasteiger partial charge on any atom is -0.493 e. The Balaban J connectivity index is 1.44. The van der Waals surface area contributed by atoms with Gasteiger partial charge in [0.1, 0.15) is 16.7 Å². The van der Waals surface area contributed by atoms with E-state index in [1.165, 1.54) is 22.9 Å². The van der Waals surface area contributed by atoms with Gasteiger partial charge < -0.3 is 19.9 Å². The van der Waals surface area contributed by atoms with E-state index in [0.29, 0.717) is 49.5 Å². The fourth-order valence-electron chi connectivity index (χ4n) is 5.44. The zero-order valence-corrected chi connectivity index (χ0v) is 31.0. The smallest absolute Gasteiger partial charge is 0.230 e. The maximum atomic E-state index is 12.6. The van der Waals surface area contributed by atoms with Crippen LogP contribution in [-0.2, 0) is 20.4 Å². The van der Waals surface area contributed by atoms with Gasteiger partial charge in [-0.15, -0.1) is 0 Å². The van der Waals surface area contributed by atoms with Gasteiger partial charge in [0.05, 0.1) is 12.4 Å². The summed E-state index contributed by atoms with van der Waals surface area (Å²) >= 11 is 7.62. The van der Waals surface area contributed by atoms with Crippen LogP contribution in [0.4, 0.5) is 5.82 Å². The molecular weight excluding hydrogens is 618 g/mol. The first-order valence-corrected chi connectivity index (χ1v) is 18.4. The lowest BCUT2D eigenvalue weighted by Crippen LogP contribution is -2.54. The van der Waals surface area contributed by atoms with Crippen molar-refractivity contribution in [3.8, 4) is 5.75 Å². The molecule has 2 heterocycles. The molecule has 8 nitrogen and oxygen atoms in total. The number of benzene rings is 1. The van der Waals surface area contributed by atoms with Crippen LogP contribution in [0.5, 0.6) is 5.75 Å². The van der Waals surface area contributed by atoms with Crippen LogP contribution in [0.3, 0.4) is 0 Å². The Hall–Kier alpha value is -2.52. The Morgan fingerprint density at radius 2 is 1.76 bits per heavy atom. The molecule has 0 saturated carbocycles. The molecule has 1 saturated heterocycles. The first-order valence-electron chi connectivity index (χ1n) is 17.1. The Morgan fingerprint density at radius 3 is 2.43 bits per heavy atom. The molecule has 1 aliphatic rings. The average Bonchev–Trinajstić information content (AvgIpc) is 3.03. The third-order valence-electron chi connectivity index (χ3n) is 9.42. The van der Waals surface area contributed by atoms with E-state index in [4.69, 9.17) is 16.3 Å². The Morgan fingerprint density at radius 1 is 1.02 bits per heavy atom. The van der Waals surface area contributed by atoms with Gasteiger partial charge in [-0.2, -0.15) is 0 Å². The van der Waals surface area contributed by atoms with Crippen LogP contribution in [0.2, 0.25) is 5.15 Å². The Kier molecular flexibility index (Phi) is 14.5. The quantitative estimate of drug-likeness (QED) is 0.0794. The second-order valence-corrected chi connectivity index (χ2v) is 15.0. The third kappa shape index (κ3) is 10.8. The number of hydrogen-bond acceptors (Lipinski definition) is 7. The predicted octanol–water partition coefficient (Wildman–Crippen LogP) is 7.80. The lowest BCUT2D eigenvalue weighted by atomic mass is 9.76. The normalized spacial score (nSPS) is 15.6. The topological polar surface area (TPSA) is 87.7 Å². The van der Waals surface area contributed by atoms with Crippen molar-refractivity contribution in [2.75, 3.05) is 43.4 Å². The van der Waals surface area contributed by atoms with Crippen LogP contribution in [0, 0.1) is 0 Å². The van der Waals surface area contributed by atoms with Gasteiger partial charge in [0.25, 0.3) is 0 Å². The van der Waals surface area contributed by atoms with Gasteiger partial charge in [0.2, 0.25) is 11.8 Å². The maximum Gasteiger partial charge on any atom is 0.230 e. The summed E-state index contributed by atoms with van der Waals surface area (Å²) < 4.78 is 6.28. The van der Waals surface area contributed by atoms with E-state index in [1.807, 2.05) is 4.90 Å². The number of thioether (sulfide) groups is 1. The van der Waals surface area contributed by atoms with E-state index in [0.717, 1.165) is 50.1 Å². The number of carbonyl (C=O) groups is 2. The standard InChI is InChI=1S/C36H56ClN5O3S/c1-9-12-15-33(44)42-20-19-41(24-26(42)4)31-23-30(37)39-34(40-31)46-25-32(43)38-18-13-14-21-45-29-17-16-27(35(5,6)10-2)22-28(29)36(7,8)11-3/h16-17,22-23,26H,9-15,18-21,24-25H2,1-8H3,(H,38,43)/t26-/m1/s1. The molecule has 0 aliphatic carbocycles. The van der Waals surface area contributed by atoms with E-state index in [1.54, 1.807) is 6.07 Å². The minimum atomic E-state index is -0.0648. The molecule has 0 spiro atoms. The van der Waals surface area contributed by atoms with Crippen molar-refractivity contribution in [1.82, 2.24) is 20.2 Å². The fourth-order valence-corrected chi connectivity index (χ4v) is 6.35. The van der Waals surface area contributed by atoms with Gasteiger partial charge in [0.15, 0.2) is 5.16 Å². The summed E-state index contributed by atoms with van der Waals surface area (Å²) in [5, 5.41) is 3.82. The first-order chi connectivity index (χ1) is 21.8. The molecule has 1 atom stereocenters. The summed E-state index contributed by atoms with van der Waals surface area (Å²) in [6, 6.07) is 8.52. The summed E-state index contributed by atoms with van der Waals surface area (Å²) in [6.07, 6.45) is 6.31. The van der Waals surface area contributed by atoms with Crippen LogP contribution in [0.15, 0.2) is 29.4 Å². The van der Waals surface area contributed by atoms with Crippen molar-refractivity contribution >= 4 is 41.0 Å². The van der Waals surface area contributed by atoms with Gasteiger partial charge in [-0.25, -0.2) is 9.97 Å². The summed E-state index contributed by atoms with van der Waals surface area (Å²) in [6.45, 7) is 21.0. The van der Waals surface area contributed by atoms with Crippen molar-refractivity contribution < 1.29 is 14.3 Å². The van der Waals surface area contributed by atoms with E-state index in [2.05, 4.69) is 93.8 Å². The van der Waals surface area contributed by atoms with Gasteiger partial charge in [-0.05, 0) is 61.5 Å². The van der Waals surface area contributed by atoms with Crippen molar-refractivity contribution in [2.24, 2.45) is 0 Å². The highest BCUT2D eigenvalue weighted by molar-refractivity contribution is 7.99. The SMILES string of the molecule is CCCCC(=O)N1CCN(c2cc(Cl)nc(SCC(=O)NCCCCOc3ccc(C(C)(C)CC)cc3C(C)(C)CC)n2)C[C@H]1C. The summed E-state index contributed by atoms with van der Waals surface area (Å²) in [5.74, 6) is 2.05. The molecule has 1 fully saturated rings. The molecule has 3 rings (SSSR count). The fraction of sp³-hybridized carbons (Fsp3) is 0.667. The van der Waals surface area contributed by atoms with Crippen molar-refractivity contribution in [3.05, 3.63) is 40.5 Å². The van der Waals surface area contributed by atoms with Gasteiger partial charge >= 0.3 is 0 Å². The molecule has 2 aromatic rings. The lowest BCUT2D eigenvalue weighted by molar-refractivity contribution is -0.133. The van der Waals surface area contributed by atoms with Crippen molar-refractivity contribution in [1.29, 1.82) is 0 Å². The number of nitrogens with one attached hydrogen (secondary N) is 1. The number of anilines is 1. The molecule has 46 heavy (non-hydrogen) atoms. The van der Waals surface area contributed by atoms with E-state index in [9.17, 15) is 9.59 Å². The highest BCUT2D eigenvalue weighted by Gasteiger charge is 2.29. The molecule has 1 N–H and O–H groups in total. The molecule has 1 aliphatic heterocycles. The molecule has 256 valence electrons. The number of hydrogen-bond donors (Lipinski definition) is 1. The van der Waals surface area contributed by atoms with Gasteiger partial charge in [-0.1, -0.05) is 90.4 Å². The number of carbonyl (C=O) groups excluding carboxylic acids is 2. The largest absolute Gasteiger partial charge is 0.493 e. The summed E-state index contributed by atoms with van der Waals surface area (Å²) in [7, 11) is 0. The van der Waals surface area contributed by atoms with Crippen LogP contribution in [0.25, 0.3) is 0 Å². The zero-order valence-electron chi connectivity index (χ0n) is 29.4. The molecule has 2 amide bonds. The van der Waals surface area contributed by atoms with Gasteiger partial charge in [0, 0.05) is 50.3 Å². The van der Waals surface area contributed by atoms with Gasteiger partial charge in [-0.3, -0.25) is 9.59 Å². The van der Waals surface area contributed by atoms with E-state index < -0.39 is 0 Å². The Bertz CT molecular complexity index is 1300. The Labute approximate surface area is 286 Å². The summed E-state index contributed by atoms with van der Waals surface area (Å²) in [5.41, 5.74) is 2.76. The minimum absolute atomic E-state index is 0.0238. The lowest BCUT2D eigenvalue weighted by Gasteiger charge is -2.40. The molecule has 0 bridgehead atoms. The number of ether oxygens (including phenoxy) is 1. The van der Waals surface area contributed by atoms with Crippen LogP contribution < -0.4 is 15.0 Å². The highest BCUT2D eigenvalue weighted by atomic mass is 35.5. The number of amides is 2. The van der Waals surface area contributed by atoms with E-state index >= 15 is 0 Å². The second kappa shape index (κ2) is 17.6. The molecule has 0 radical (unpaired) electrons. The van der Waals surface area contributed by atoms with Crippen molar-refractivity contribution in [3.63, 3.8) is 0 Å². The number of piperazine rings is 1. The number of rotatable bonds is 17. The van der Waals surface area contributed by atoms with Crippen LogP contribution in [-0.4, -0.2) is 71.3 Å². The molecule has 1 aromatic carbocycles. The second-order valence-electron chi connectivity index (χ2n) is 13.7. The molecule has 1 aromatic heterocycles. The van der Waals surface area contributed by atoms with E-state index in [-0.39, 0.29) is 34.4 Å². The zero-order chi connectivity index (χ0) is 33.9. The molecule has 0 unspecified atom stereocenters. The number of unbranched alkanes of at least 4 members (excludes halogenated alkanes) is 2. The monoisotopic (exact) mass is 673 g/mol. The average molecular weight is 674 g/mol. The highest BCUT2D eigenvalue weighted by Crippen LogP contribution is 2.38. The molecule has 10 heteroatoms. The van der Waals surface area contributed by atoms with Crippen LogP contribution >= 0.6 is 23.4 Å². The first kappa shape index (κ1) is 37.9. The molecular formula is C36H56ClN5O3S. The van der Waals surface area contributed by atoms with Crippen molar-refractivity contribution in [2.45, 2.75) is 122 Å². The number of halogens is 1. The number of nitrogens with zero attached hydrogens (tertiary/aromatic N) is 4. The number of aromatic nitrogens is 2. The third-order valence-corrected chi connectivity index (χ3v) is 10.5. The summed E-state index contributed by atoms with van der Waals surface area (Å²) in [4.78, 5) is 38.3. The predicted molar refractivity (Wildman–Crippen MR) is 191 cm³/mol. The van der Waals surface area contributed by atoms with Crippen LogP contribution in [0.1, 0.15) is 111 Å². The maximum absolute atomic E-state index is 12.6.